The first-order valence-electron chi connectivity index (χ1n) is 6.52. The number of piperidine rings is 1. The third kappa shape index (κ3) is 4.36. The molecule has 0 aliphatic carbocycles. The fourth-order valence-corrected chi connectivity index (χ4v) is 1.92. The third-order valence-electron chi connectivity index (χ3n) is 2.74. The Balaban J connectivity index is 2.68. The zero-order valence-electron chi connectivity index (χ0n) is 12.0. The number of carbonyl (C=O) groups is 2. The maximum Gasteiger partial charge on any atom is 0.410 e. The molecule has 1 aliphatic rings. The van der Waals surface area contributed by atoms with Gasteiger partial charge in [-0.1, -0.05) is 0 Å². The van der Waals surface area contributed by atoms with E-state index in [1.165, 1.54) is 4.90 Å². The predicted molar refractivity (Wildman–Crippen MR) is 67.5 cm³/mol. The van der Waals surface area contributed by atoms with E-state index in [4.69, 9.17) is 9.47 Å². The van der Waals surface area contributed by atoms with Gasteiger partial charge in [-0.25, -0.2) is 14.0 Å². The summed E-state index contributed by atoms with van der Waals surface area (Å²) in [5.41, 5.74) is -2.76. The van der Waals surface area contributed by atoms with Crippen molar-refractivity contribution in [3.8, 4) is 0 Å². The van der Waals surface area contributed by atoms with Crippen molar-refractivity contribution in [3.05, 3.63) is 0 Å². The standard InChI is InChI=1S/C13H22FNO4/c1-5-18-10(16)13(14)7-6-8-15(9-13)11(17)19-12(2,3)4/h5-9H2,1-4H3/t13-/m1/s1. The van der Waals surface area contributed by atoms with Crippen LogP contribution in [0.25, 0.3) is 0 Å². The molecular formula is C13H22FNO4. The Bertz CT molecular complexity index is 353. The van der Waals surface area contributed by atoms with Crippen molar-refractivity contribution in [2.24, 2.45) is 0 Å². The lowest BCUT2D eigenvalue weighted by molar-refractivity contribution is -0.160. The number of esters is 1. The maximum atomic E-state index is 14.5. The molecule has 0 spiro atoms. The number of rotatable bonds is 2. The van der Waals surface area contributed by atoms with Crippen LogP contribution in [0.3, 0.4) is 0 Å². The summed E-state index contributed by atoms with van der Waals surface area (Å²) < 4.78 is 24.4. The van der Waals surface area contributed by atoms with Crippen LogP contribution < -0.4 is 0 Å². The second-order valence-corrected chi connectivity index (χ2v) is 5.69. The Morgan fingerprint density at radius 3 is 2.53 bits per heavy atom. The molecule has 0 N–H and O–H groups in total. The lowest BCUT2D eigenvalue weighted by atomic mass is 9.95. The molecule has 1 rings (SSSR count). The minimum atomic E-state index is -2.12. The van der Waals surface area contributed by atoms with E-state index in [0.29, 0.717) is 13.0 Å². The third-order valence-corrected chi connectivity index (χ3v) is 2.74. The van der Waals surface area contributed by atoms with E-state index >= 15 is 0 Å². The Labute approximate surface area is 113 Å². The van der Waals surface area contributed by atoms with Crippen LogP contribution in [0.1, 0.15) is 40.5 Å². The minimum absolute atomic E-state index is 0.0745. The van der Waals surface area contributed by atoms with Gasteiger partial charge in [-0.2, -0.15) is 0 Å². The van der Waals surface area contributed by atoms with E-state index in [1.807, 2.05) is 0 Å². The van der Waals surface area contributed by atoms with Gasteiger partial charge in [0.25, 0.3) is 0 Å². The van der Waals surface area contributed by atoms with Crippen LogP contribution >= 0.6 is 0 Å². The Hall–Kier alpha value is -1.33. The Morgan fingerprint density at radius 1 is 1.37 bits per heavy atom. The highest BCUT2D eigenvalue weighted by Crippen LogP contribution is 2.27. The summed E-state index contributed by atoms with van der Waals surface area (Å²) in [6.07, 6.45) is -0.113. The molecule has 110 valence electrons. The Morgan fingerprint density at radius 2 is 2.00 bits per heavy atom. The predicted octanol–water partition coefficient (Wildman–Crippen LogP) is 2.29. The molecule has 0 bridgehead atoms. The quantitative estimate of drug-likeness (QED) is 0.726. The summed E-state index contributed by atoms with van der Waals surface area (Å²) in [6.45, 7) is 7.04. The SMILES string of the molecule is CCOC(=O)[C@@]1(F)CCCN(C(=O)OC(C)(C)C)C1. The average Bonchev–Trinajstić information content (AvgIpc) is 2.27. The number of hydrogen-bond donors (Lipinski definition) is 0. The molecule has 1 saturated heterocycles. The zero-order valence-corrected chi connectivity index (χ0v) is 12.0. The molecule has 0 unspecified atom stereocenters. The largest absolute Gasteiger partial charge is 0.464 e. The van der Waals surface area contributed by atoms with Gasteiger partial charge in [0.1, 0.15) is 5.60 Å². The van der Waals surface area contributed by atoms with Gasteiger partial charge in [-0.05, 0) is 40.5 Å². The second-order valence-electron chi connectivity index (χ2n) is 5.69. The summed E-state index contributed by atoms with van der Waals surface area (Å²) in [6, 6.07) is 0. The van der Waals surface area contributed by atoms with Crippen LogP contribution in [-0.2, 0) is 14.3 Å². The molecule has 0 aromatic heterocycles. The summed E-state index contributed by atoms with van der Waals surface area (Å²) in [5, 5.41) is 0. The molecule has 0 radical (unpaired) electrons. The van der Waals surface area contributed by atoms with Gasteiger partial charge < -0.3 is 14.4 Å². The Kier molecular flexibility index (Phi) is 4.76. The highest BCUT2D eigenvalue weighted by Gasteiger charge is 2.46. The van der Waals surface area contributed by atoms with Crippen molar-refractivity contribution in [2.45, 2.75) is 51.8 Å². The number of amides is 1. The van der Waals surface area contributed by atoms with Crippen LogP contribution in [0.2, 0.25) is 0 Å². The van der Waals surface area contributed by atoms with E-state index in [0.717, 1.165) is 0 Å². The number of alkyl halides is 1. The van der Waals surface area contributed by atoms with Crippen molar-refractivity contribution < 1.29 is 23.5 Å². The molecule has 1 amide bonds. The molecule has 1 heterocycles. The fourth-order valence-electron chi connectivity index (χ4n) is 1.92. The first-order chi connectivity index (χ1) is 8.68. The second kappa shape index (κ2) is 5.75. The molecule has 1 fully saturated rings. The summed E-state index contributed by atoms with van der Waals surface area (Å²) in [7, 11) is 0. The van der Waals surface area contributed by atoms with E-state index < -0.39 is 23.3 Å². The first kappa shape index (κ1) is 15.7. The molecule has 0 aromatic carbocycles. The number of carbonyl (C=O) groups excluding carboxylic acids is 2. The first-order valence-corrected chi connectivity index (χ1v) is 6.52. The number of hydrogen-bond acceptors (Lipinski definition) is 4. The van der Waals surface area contributed by atoms with Gasteiger partial charge in [-0.15, -0.1) is 0 Å². The number of nitrogens with zero attached hydrogens (tertiary/aromatic N) is 1. The van der Waals surface area contributed by atoms with E-state index in [2.05, 4.69) is 0 Å². The molecular weight excluding hydrogens is 253 g/mol. The molecule has 1 atom stereocenters. The van der Waals surface area contributed by atoms with E-state index in [9.17, 15) is 14.0 Å². The van der Waals surface area contributed by atoms with Crippen molar-refractivity contribution in [1.29, 1.82) is 0 Å². The van der Waals surface area contributed by atoms with Crippen LogP contribution in [-0.4, -0.2) is 47.9 Å². The van der Waals surface area contributed by atoms with Crippen molar-refractivity contribution in [1.82, 2.24) is 4.90 Å². The van der Waals surface area contributed by atoms with Crippen LogP contribution in [0.4, 0.5) is 9.18 Å². The number of halogens is 1. The minimum Gasteiger partial charge on any atom is -0.464 e. The number of likely N-dealkylation sites (tertiary alicyclic amines) is 1. The highest BCUT2D eigenvalue weighted by atomic mass is 19.1. The molecule has 6 heteroatoms. The van der Waals surface area contributed by atoms with Gasteiger partial charge in [0, 0.05) is 6.54 Å². The van der Waals surface area contributed by atoms with Crippen molar-refractivity contribution >= 4 is 12.1 Å². The van der Waals surface area contributed by atoms with Gasteiger partial charge in [0.15, 0.2) is 0 Å². The summed E-state index contributed by atoms with van der Waals surface area (Å²) >= 11 is 0. The van der Waals surface area contributed by atoms with E-state index in [-0.39, 0.29) is 19.6 Å². The van der Waals surface area contributed by atoms with Crippen molar-refractivity contribution in [3.63, 3.8) is 0 Å². The molecule has 19 heavy (non-hydrogen) atoms. The lowest BCUT2D eigenvalue weighted by Gasteiger charge is -2.36. The number of ether oxygens (including phenoxy) is 2. The lowest BCUT2D eigenvalue weighted by Crippen LogP contribution is -2.53. The molecule has 0 saturated carbocycles. The van der Waals surface area contributed by atoms with Crippen LogP contribution in [0, 0.1) is 0 Å². The van der Waals surface area contributed by atoms with Gasteiger partial charge >= 0.3 is 12.1 Å². The molecule has 1 aliphatic heterocycles. The zero-order chi connectivity index (χ0) is 14.7. The normalized spacial score (nSPS) is 23.9. The average molecular weight is 275 g/mol. The fraction of sp³-hybridized carbons (Fsp3) is 0.846. The van der Waals surface area contributed by atoms with Gasteiger partial charge in [0.2, 0.25) is 5.67 Å². The summed E-state index contributed by atoms with van der Waals surface area (Å²) in [5.74, 6) is -0.900. The highest BCUT2D eigenvalue weighted by molar-refractivity contribution is 5.81. The molecule has 0 aromatic rings. The van der Waals surface area contributed by atoms with Gasteiger partial charge in [0.05, 0.1) is 13.2 Å². The van der Waals surface area contributed by atoms with Gasteiger partial charge in [-0.3, -0.25) is 0 Å². The monoisotopic (exact) mass is 275 g/mol. The smallest absolute Gasteiger partial charge is 0.410 e. The maximum absolute atomic E-state index is 14.5. The summed E-state index contributed by atoms with van der Waals surface area (Å²) in [4.78, 5) is 24.7. The van der Waals surface area contributed by atoms with Crippen LogP contribution in [0.15, 0.2) is 0 Å². The molecule has 5 nitrogen and oxygen atoms in total. The van der Waals surface area contributed by atoms with Crippen LogP contribution in [0.5, 0.6) is 0 Å². The van der Waals surface area contributed by atoms with E-state index in [1.54, 1.807) is 27.7 Å². The van der Waals surface area contributed by atoms with Crippen molar-refractivity contribution in [2.75, 3.05) is 19.7 Å². The topological polar surface area (TPSA) is 55.8 Å².